The Morgan fingerprint density at radius 2 is 0.947 bits per heavy atom. The summed E-state index contributed by atoms with van der Waals surface area (Å²) in [5.74, 6) is -0.932. The van der Waals surface area contributed by atoms with Gasteiger partial charge in [0.15, 0.2) is 0 Å². The molecule has 0 spiro atoms. The molecule has 0 N–H and O–H groups in total. The summed E-state index contributed by atoms with van der Waals surface area (Å²) in [5.41, 5.74) is 0.854. The molecule has 0 aromatic heterocycles. The van der Waals surface area contributed by atoms with Crippen LogP contribution in [-0.2, 0) is 0 Å². The van der Waals surface area contributed by atoms with Crippen molar-refractivity contribution in [1.29, 1.82) is 0 Å². The Kier molecular flexibility index (Phi) is 6.23. The van der Waals surface area contributed by atoms with Crippen molar-refractivity contribution in [2.75, 3.05) is 0 Å². The van der Waals surface area contributed by atoms with E-state index >= 15 is 0 Å². The number of rotatable bonds is 3. The molecule has 2 aromatic rings. The van der Waals surface area contributed by atoms with Gasteiger partial charge in [-0.15, -0.1) is 0 Å². The van der Waals surface area contributed by atoms with E-state index in [-0.39, 0.29) is 0 Å². The summed E-state index contributed by atoms with van der Waals surface area (Å²) in [4.78, 5) is 23.6. The van der Waals surface area contributed by atoms with Crippen LogP contribution in [-0.4, -0.2) is 11.6 Å². The molecule has 98 valence electrons. The van der Waals surface area contributed by atoms with Gasteiger partial charge in [0.05, 0.1) is 0 Å². The van der Waals surface area contributed by atoms with Gasteiger partial charge < -0.3 is 0 Å². The first-order valence-electron chi connectivity index (χ1n) is 6.39. The second-order valence-electron chi connectivity index (χ2n) is 4.10. The average molecular weight is 254 g/mol. The molecule has 0 unspecified atom stereocenters. The third-order valence-corrected chi connectivity index (χ3v) is 2.28. The molecule has 19 heavy (non-hydrogen) atoms. The zero-order valence-electron chi connectivity index (χ0n) is 11.3. The first-order chi connectivity index (χ1) is 9.20. The summed E-state index contributed by atoms with van der Waals surface area (Å²) in [6, 6.07) is 17.2. The third-order valence-electron chi connectivity index (χ3n) is 2.28. The van der Waals surface area contributed by atoms with Gasteiger partial charge in [-0.2, -0.15) is 0 Å². The van der Waals surface area contributed by atoms with E-state index in [4.69, 9.17) is 0 Å². The Bertz CT molecular complexity index is 466. The Hall–Kier alpha value is -2.22. The van der Waals surface area contributed by atoms with Crippen molar-refractivity contribution in [3.63, 3.8) is 0 Å². The number of hydrogen-bond donors (Lipinski definition) is 0. The topological polar surface area (TPSA) is 34.1 Å². The highest BCUT2D eigenvalue weighted by atomic mass is 16.2. The first-order valence-corrected chi connectivity index (χ1v) is 6.39. The van der Waals surface area contributed by atoms with E-state index in [1.165, 1.54) is 6.42 Å². The minimum atomic E-state index is -0.466. The van der Waals surface area contributed by atoms with Crippen LogP contribution in [0.5, 0.6) is 0 Å². The van der Waals surface area contributed by atoms with Gasteiger partial charge in [0.1, 0.15) is 0 Å². The monoisotopic (exact) mass is 254 g/mol. The van der Waals surface area contributed by atoms with Crippen LogP contribution in [0.15, 0.2) is 60.7 Å². The maximum absolute atomic E-state index is 11.8. The molecular formula is C17H18O2. The molecule has 0 heterocycles. The summed E-state index contributed by atoms with van der Waals surface area (Å²) in [5, 5.41) is 0. The SMILES string of the molecule is CCC.O=C(C(=O)c1ccccc1)c1ccccc1. The minimum absolute atomic E-state index is 0.427. The van der Waals surface area contributed by atoms with Crippen molar-refractivity contribution in [2.24, 2.45) is 0 Å². The summed E-state index contributed by atoms with van der Waals surface area (Å²) < 4.78 is 0. The smallest absolute Gasteiger partial charge is 0.233 e. The van der Waals surface area contributed by atoms with Crippen molar-refractivity contribution >= 4 is 11.6 Å². The van der Waals surface area contributed by atoms with Crippen LogP contribution in [0.25, 0.3) is 0 Å². The summed E-state index contributed by atoms with van der Waals surface area (Å²) in [6.45, 7) is 4.25. The highest BCUT2D eigenvalue weighted by Gasteiger charge is 2.16. The lowest BCUT2D eigenvalue weighted by molar-refractivity contribution is 0.0817. The van der Waals surface area contributed by atoms with Crippen LogP contribution in [0.1, 0.15) is 41.0 Å². The van der Waals surface area contributed by atoms with Gasteiger partial charge in [0.2, 0.25) is 11.6 Å². The normalized spacial score (nSPS) is 9.16. The average Bonchev–Trinajstić information content (AvgIpc) is 2.48. The molecule has 0 fully saturated rings. The van der Waals surface area contributed by atoms with Crippen LogP contribution in [0.4, 0.5) is 0 Å². The van der Waals surface area contributed by atoms with Crippen molar-refractivity contribution in [2.45, 2.75) is 20.3 Å². The molecule has 0 atom stereocenters. The highest BCUT2D eigenvalue weighted by molar-refractivity contribution is 6.49. The summed E-state index contributed by atoms with van der Waals surface area (Å²) in [7, 11) is 0. The molecular weight excluding hydrogens is 236 g/mol. The second-order valence-corrected chi connectivity index (χ2v) is 4.10. The summed E-state index contributed by atoms with van der Waals surface area (Å²) >= 11 is 0. The Balaban J connectivity index is 0.000000550. The molecule has 2 nitrogen and oxygen atoms in total. The van der Waals surface area contributed by atoms with Crippen LogP contribution >= 0.6 is 0 Å². The van der Waals surface area contributed by atoms with Gasteiger partial charge in [-0.3, -0.25) is 9.59 Å². The number of Topliss-reactive ketones (excluding diaryl/α,β-unsaturated/α-hetero) is 2. The van der Waals surface area contributed by atoms with Crippen LogP contribution in [0.2, 0.25) is 0 Å². The lowest BCUT2D eigenvalue weighted by atomic mass is 10.0. The van der Waals surface area contributed by atoms with E-state index in [2.05, 4.69) is 13.8 Å². The third kappa shape index (κ3) is 4.51. The number of ketones is 2. The standard InChI is InChI=1S/C14H10O2.C3H8/c15-13(11-7-3-1-4-8-11)14(16)12-9-5-2-6-10-12;1-3-2/h1-10H;3H2,1-2H3. The minimum Gasteiger partial charge on any atom is -0.285 e. The largest absolute Gasteiger partial charge is 0.285 e. The second kappa shape index (κ2) is 7.98. The molecule has 0 saturated carbocycles. The molecule has 2 aromatic carbocycles. The lowest BCUT2D eigenvalue weighted by Crippen LogP contribution is -2.14. The van der Waals surface area contributed by atoms with Crippen molar-refractivity contribution in [3.05, 3.63) is 71.8 Å². The molecule has 0 amide bonds. The van der Waals surface area contributed by atoms with E-state index < -0.39 is 11.6 Å². The number of benzene rings is 2. The van der Waals surface area contributed by atoms with Gasteiger partial charge in [-0.25, -0.2) is 0 Å². The fourth-order valence-corrected chi connectivity index (χ4v) is 1.44. The molecule has 0 aliphatic heterocycles. The molecule has 2 heteroatoms. The fraction of sp³-hybridized carbons (Fsp3) is 0.176. The Morgan fingerprint density at radius 1 is 0.684 bits per heavy atom. The summed E-state index contributed by atoms with van der Waals surface area (Å²) in [6.07, 6.45) is 1.25. The number of carbonyl (C=O) groups is 2. The van der Waals surface area contributed by atoms with Gasteiger partial charge >= 0.3 is 0 Å². The predicted octanol–water partition coefficient (Wildman–Crippen LogP) is 4.17. The number of carbonyl (C=O) groups excluding carboxylic acids is 2. The molecule has 0 aliphatic rings. The van der Waals surface area contributed by atoms with Gasteiger partial charge in [-0.05, 0) is 0 Å². The van der Waals surface area contributed by atoms with Crippen molar-refractivity contribution in [3.8, 4) is 0 Å². The maximum Gasteiger partial charge on any atom is 0.233 e. The van der Waals surface area contributed by atoms with E-state index in [1.54, 1.807) is 48.5 Å². The first kappa shape index (κ1) is 14.8. The quantitative estimate of drug-likeness (QED) is 0.608. The molecule has 0 bridgehead atoms. The van der Waals surface area contributed by atoms with E-state index in [1.807, 2.05) is 12.1 Å². The Labute approximate surface area is 114 Å². The van der Waals surface area contributed by atoms with Crippen LogP contribution < -0.4 is 0 Å². The van der Waals surface area contributed by atoms with Gasteiger partial charge in [0, 0.05) is 11.1 Å². The molecule has 0 radical (unpaired) electrons. The lowest BCUT2D eigenvalue weighted by Gasteiger charge is -1.99. The van der Waals surface area contributed by atoms with Gasteiger partial charge in [-0.1, -0.05) is 80.9 Å². The highest BCUT2D eigenvalue weighted by Crippen LogP contribution is 2.07. The van der Waals surface area contributed by atoms with E-state index in [9.17, 15) is 9.59 Å². The zero-order chi connectivity index (χ0) is 14.1. The van der Waals surface area contributed by atoms with Gasteiger partial charge in [0.25, 0.3) is 0 Å². The Morgan fingerprint density at radius 3 is 1.21 bits per heavy atom. The van der Waals surface area contributed by atoms with Crippen LogP contribution in [0.3, 0.4) is 0 Å². The maximum atomic E-state index is 11.8. The fourth-order valence-electron chi connectivity index (χ4n) is 1.44. The predicted molar refractivity (Wildman–Crippen MR) is 77.5 cm³/mol. The number of hydrogen-bond acceptors (Lipinski definition) is 2. The molecule has 0 saturated heterocycles. The molecule has 2 rings (SSSR count). The van der Waals surface area contributed by atoms with Crippen molar-refractivity contribution in [1.82, 2.24) is 0 Å². The van der Waals surface area contributed by atoms with E-state index in [0.29, 0.717) is 11.1 Å². The van der Waals surface area contributed by atoms with E-state index in [0.717, 1.165) is 0 Å². The van der Waals surface area contributed by atoms with Crippen molar-refractivity contribution < 1.29 is 9.59 Å². The van der Waals surface area contributed by atoms with Crippen LogP contribution in [0, 0.1) is 0 Å². The molecule has 0 aliphatic carbocycles. The zero-order valence-corrected chi connectivity index (χ0v) is 11.3.